The molecule has 6 nitrogen and oxygen atoms in total. The quantitative estimate of drug-likeness (QED) is 0.811. The van der Waals surface area contributed by atoms with E-state index in [1.54, 1.807) is 25.1 Å². The molecule has 0 radical (unpaired) electrons. The molecule has 2 aromatic rings. The van der Waals surface area contributed by atoms with Gasteiger partial charge in [-0.05, 0) is 49.7 Å². The number of carbonyl (C=O) groups is 2. The average molecular weight is 349 g/mol. The molecular weight excluding hydrogens is 332 g/mol. The van der Waals surface area contributed by atoms with E-state index >= 15 is 0 Å². The van der Waals surface area contributed by atoms with Gasteiger partial charge in [-0.1, -0.05) is 11.6 Å². The summed E-state index contributed by atoms with van der Waals surface area (Å²) in [5.41, 5.74) is 1.18. The van der Waals surface area contributed by atoms with Crippen molar-refractivity contribution in [1.29, 1.82) is 0 Å². The predicted octanol–water partition coefficient (Wildman–Crippen LogP) is 3.24. The molecule has 1 N–H and O–H groups in total. The van der Waals surface area contributed by atoms with Crippen LogP contribution < -0.4 is 10.1 Å². The summed E-state index contributed by atoms with van der Waals surface area (Å²) in [5.74, 6) is -0.0684. The summed E-state index contributed by atoms with van der Waals surface area (Å²) in [6.07, 6.45) is 1.42. The summed E-state index contributed by atoms with van der Waals surface area (Å²) in [4.78, 5) is 27.6. The number of ether oxygens (including phenoxy) is 2. The first-order valence-electron chi connectivity index (χ1n) is 7.31. The fourth-order valence-corrected chi connectivity index (χ4v) is 1.99. The summed E-state index contributed by atoms with van der Waals surface area (Å²) in [5, 5.41) is 3.20. The molecule has 0 saturated carbocycles. The van der Waals surface area contributed by atoms with Gasteiger partial charge in [0.25, 0.3) is 5.91 Å². The van der Waals surface area contributed by atoms with Gasteiger partial charge in [0.1, 0.15) is 11.6 Å². The zero-order valence-corrected chi connectivity index (χ0v) is 14.1. The number of nitrogens with one attached hydrogen (secondary N) is 1. The smallest absolute Gasteiger partial charge is 0.338 e. The summed E-state index contributed by atoms with van der Waals surface area (Å²) in [6, 6.07) is 8.09. The van der Waals surface area contributed by atoms with Crippen LogP contribution in [-0.4, -0.2) is 30.1 Å². The van der Waals surface area contributed by atoms with Crippen molar-refractivity contribution < 1.29 is 19.1 Å². The van der Waals surface area contributed by atoms with Crippen LogP contribution in [0.5, 0.6) is 5.75 Å². The Kier molecular flexibility index (Phi) is 6.14. The van der Waals surface area contributed by atoms with Crippen LogP contribution in [0.3, 0.4) is 0 Å². The normalized spacial score (nSPS) is 10.1. The van der Waals surface area contributed by atoms with Gasteiger partial charge >= 0.3 is 5.97 Å². The van der Waals surface area contributed by atoms with Crippen LogP contribution in [0.25, 0.3) is 0 Å². The Labute approximate surface area is 144 Å². The lowest BCUT2D eigenvalue weighted by Crippen LogP contribution is -2.21. The van der Waals surface area contributed by atoms with E-state index in [1.807, 2.05) is 6.92 Å². The molecule has 0 aliphatic carbocycles. The van der Waals surface area contributed by atoms with Crippen molar-refractivity contribution in [3.05, 3.63) is 52.7 Å². The Morgan fingerprint density at radius 2 is 2.04 bits per heavy atom. The molecule has 0 atom stereocenters. The Morgan fingerprint density at radius 3 is 2.75 bits per heavy atom. The molecule has 1 aromatic carbocycles. The van der Waals surface area contributed by atoms with Crippen LogP contribution >= 0.6 is 11.6 Å². The molecule has 1 aromatic heterocycles. The lowest BCUT2D eigenvalue weighted by Gasteiger charge is -2.09. The van der Waals surface area contributed by atoms with Gasteiger partial charge in [-0.2, -0.15) is 0 Å². The maximum atomic E-state index is 11.9. The zero-order valence-electron chi connectivity index (χ0n) is 13.3. The highest BCUT2D eigenvalue weighted by molar-refractivity contribution is 6.31. The molecule has 1 amide bonds. The van der Waals surface area contributed by atoms with Crippen LogP contribution in [0.1, 0.15) is 22.8 Å². The van der Waals surface area contributed by atoms with Crippen molar-refractivity contribution in [3.8, 4) is 5.75 Å². The SMILES string of the molecule is CCOC(=O)c1ccnc(NC(=O)COc2ccc(Cl)c(C)c2)c1. The Hall–Kier alpha value is -2.60. The van der Waals surface area contributed by atoms with E-state index in [-0.39, 0.29) is 19.0 Å². The van der Waals surface area contributed by atoms with E-state index in [9.17, 15) is 9.59 Å². The third-order valence-corrected chi connectivity index (χ3v) is 3.46. The molecule has 0 bridgehead atoms. The number of amides is 1. The number of benzene rings is 1. The maximum absolute atomic E-state index is 11.9. The maximum Gasteiger partial charge on any atom is 0.338 e. The van der Waals surface area contributed by atoms with Crippen LogP contribution in [-0.2, 0) is 9.53 Å². The second kappa shape index (κ2) is 8.31. The molecule has 0 aliphatic heterocycles. The highest BCUT2D eigenvalue weighted by Crippen LogP contribution is 2.21. The fraction of sp³-hybridized carbons (Fsp3) is 0.235. The number of aryl methyl sites for hydroxylation is 1. The summed E-state index contributed by atoms with van der Waals surface area (Å²) >= 11 is 5.93. The van der Waals surface area contributed by atoms with E-state index in [2.05, 4.69) is 10.3 Å². The van der Waals surface area contributed by atoms with Gasteiger partial charge in [0.15, 0.2) is 6.61 Å². The van der Waals surface area contributed by atoms with E-state index in [0.29, 0.717) is 16.3 Å². The molecule has 1 heterocycles. The summed E-state index contributed by atoms with van der Waals surface area (Å²) < 4.78 is 10.3. The van der Waals surface area contributed by atoms with Crippen LogP contribution in [0.2, 0.25) is 5.02 Å². The van der Waals surface area contributed by atoms with Gasteiger partial charge < -0.3 is 14.8 Å². The standard InChI is InChI=1S/C17H17ClN2O4/c1-3-23-17(22)12-6-7-19-15(9-12)20-16(21)10-24-13-4-5-14(18)11(2)8-13/h4-9H,3,10H2,1-2H3,(H,19,20,21). The Morgan fingerprint density at radius 1 is 1.25 bits per heavy atom. The third kappa shape index (κ3) is 4.96. The van der Waals surface area contributed by atoms with Crippen LogP contribution in [0.4, 0.5) is 5.82 Å². The first kappa shape index (κ1) is 17.7. The van der Waals surface area contributed by atoms with Gasteiger partial charge in [-0.15, -0.1) is 0 Å². The number of anilines is 1. The number of nitrogens with zero attached hydrogens (tertiary/aromatic N) is 1. The topological polar surface area (TPSA) is 77.5 Å². The minimum atomic E-state index is -0.469. The van der Waals surface area contributed by atoms with Crippen LogP contribution in [0, 0.1) is 6.92 Å². The Bertz CT molecular complexity index is 749. The monoisotopic (exact) mass is 348 g/mol. The second-order valence-electron chi connectivity index (χ2n) is 4.90. The summed E-state index contributed by atoms with van der Waals surface area (Å²) in [6.45, 7) is 3.65. The molecule has 2 rings (SSSR count). The van der Waals surface area contributed by atoms with Gasteiger partial charge in [0, 0.05) is 11.2 Å². The van der Waals surface area contributed by atoms with E-state index < -0.39 is 11.9 Å². The van der Waals surface area contributed by atoms with Crippen molar-refractivity contribution in [3.63, 3.8) is 0 Å². The van der Waals surface area contributed by atoms with Crippen molar-refractivity contribution in [1.82, 2.24) is 4.98 Å². The van der Waals surface area contributed by atoms with Crippen molar-refractivity contribution in [2.24, 2.45) is 0 Å². The lowest BCUT2D eigenvalue weighted by molar-refractivity contribution is -0.118. The number of halogens is 1. The van der Waals surface area contributed by atoms with Crippen molar-refractivity contribution in [2.45, 2.75) is 13.8 Å². The molecule has 0 saturated heterocycles. The number of esters is 1. The molecule has 0 spiro atoms. The van der Waals surface area contributed by atoms with E-state index in [4.69, 9.17) is 21.1 Å². The van der Waals surface area contributed by atoms with Gasteiger partial charge in [-0.25, -0.2) is 9.78 Å². The van der Waals surface area contributed by atoms with Gasteiger partial charge in [0.05, 0.1) is 12.2 Å². The summed E-state index contributed by atoms with van der Waals surface area (Å²) in [7, 11) is 0. The number of carbonyl (C=O) groups excluding carboxylic acids is 2. The highest BCUT2D eigenvalue weighted by atomic mass is 35.5. The minimum absolute atomic E-state index is 0.188. The van der Waals surface area contributed by atoms with Crippen molar-refractivity contribution in [2.75, 3.05) is 18.5 Å². The molecule has 24 heavy (non-hydrogen) atoms. The zero-order chi connectivity index (χ0) is 17.5. The van der Waals surface area contributed by atoms with Gasteiger partial charge in [-0.3, -0.25) is 4.79 Å². The van der Waals surface area contributed by atoms with Crippen molar-refractivity contribution >= 4 is 29.3 Å². The largest absolute Gasteiger partial charge is 0.484 e. The van der Waals surface area contributed by atoms with Gasteiger partial charge in [0.2, 0.25) is 0 Å². The highest BCUT2D eigenvalue weighted by Gasteiger charge is 2.10. The molecule has 0 unspecified atom stereocenters. The number of pyridine rings is 1. The second-order valence-corrected chi connectivity index (χ2v) is 5.31. The predicted molar refractivity (Wildman–Crippen MR) is 90.5 cm³/mol. The molecule has 0 fully saturated rings. The van der Waals surface area contributed by atoms with E-state index in [1.165, 1.54) is 18.3 Å². The molecule has 7 heteroatoms. The fourth-order valence-electron chi connectivity index (χ4n) is 1.88. The number of hydrogen-bond acceptors (Lipinski definition) is 5. The van der Waals surface area contributed by atoms with E-state index in [0.717, 1.165) is 5.56 Å². The number of hydrogen-bond donors (Lipinski definition) is 1. The first-order chi connectivity index (χ1) is 11.5. The molecule has 0 aliphatic rings. The molecular formula is C17H17ClN2O4. The number of aromatic nitrogens is 1. The average Bonchev–Trinajstić information content (AvgIpc) is 2.56. The lowest BCUT2D eigenvalue weighted by atomic mass is 10.2. The Balaban J connectivity index is 1.93. The van der Waals surface area contributed by atoms with Crippen LogP contribution in [0.15, 0.2) is 36.5 Å². The number of rotatable bonds is 6. The first-order valence-corrected chi connectivity index (χ1v) is 7.69. The minimum Gasteiger partial charge on any atom is -0.484 e. The molecule has 126 valence electrons. The third-order valence-electron chi connectivity index (χ3n) is 3.04.